The molecule has 0 spiro atoms. The number of nitrogens with one attached hydrogen (secondary N) is 1. The molecule has 0 bridgehead atoms. The molecule has 0 aliphatic carbocycles. The van der Waals surface area contributed by atoms with E-state index in [2.05, 4.69) is 5.32 Å². The van der Waals surface area contributed by atoms with Gasteiger partial charge in [0.15, 0.2) is 0 Å². The van der Waals surface area contributed by atoms with Gasteiger partial charge in [-0.05, 0) is 17.7 Å². The number of benzene rings is 1. The van der Waals surface area contributed by atoms with Crippen LogP contribution in [-0.2, 0) is 20.7 Å². The van der Waals surface area contributed by atoms with Crippen molar-refractivity contribution in [3.05, 3.63) is 29.8 Å². The second-order valence-electron chi connectivity index (χ2n) is 3.66. The number of anilines is 1. The summed E-state index contributed by atoms with van der Waals surface area (Å²) in [4.78, 5) is 22.0. The van der Waals surface area contributed by atoms with Crippen LogP contribution in [0, 0.1) is 0 Å². The molecule has 0 heterocycles. The first-order valence-electron chi connectivity index (χ1n) is 5.50. The molecule has 0 aliphatic heterocycles. The molecule has 0 saturated heterocycles. The zero-order valence-corrected chi connectivity index (χ0v) is 9.89. The number of hydrogen-bond donors (Lipinski definition) is 3. The maximum Gasteiger partial charge on any atom is 0.307 e. The predicted molar refractivity (Wildman–Crippen MR) is 66.3 cm³/mol. The number of amides is 1. The van der Waals surface area contributed by atoms with Gasteiger partial charge < -0.3 is 20.9 Å². The predicted octanol–water partition coefficient (Wildman–Crippen LogP) is 0.227. The quantitative estimate of drug-likeness (QED) is 0.603. The number of rotatable bonds is 7. The average Bonchev–Trinajstić information content (AvgIpc) is 2.28. The van der Waals surface area contributed by atoms with Crippen molar-refractivity contribution in [2.45, 2.75) is 6.42 Å². The van der Waals surface area contributed by atoms with Crippen molar-refractivity contribution in [2.24, 2.45) is 5.73 Å². The second kappa shape index (κ2) is 7.41. The minimum atomic E-state index is -0.912. The molecule has 1 amide bonds. The number of carbonyl (C=O) groups excluding carboxylic acids is 1. The molecule has 4 N–H and O–H groups in total. The van der Waals surface area contributed by atoms with Crippen LogP contribution in [0.15, 0.2) is 24.3 Å². The fraction of sp³-hybridized carbons (Fsp3) is 0.333. The van der Waals surface area contributed by atoms with E-state index in [4.69, 9.17) is 15.6 Å². The smallest absolute Gasteiger partial charge is 0.307 e. The summed E-state index contributed by atoms with van der Waals surface area (Å²) < 4.78 is 4.98. The monoisotopic (exact) mass is 252 g/mol. The van der Waals surface area contributed by atoms with Crippen LogP contribution in [0.4, 0.5) is 5.69 Å². The van der Waals surface area contributed by atoms with Crippen molar-refractivity contribution < 1.29 is 19.4 Å². The fourth-order valence-corrected chi connectivity index (χ4v) is 1.38. The number of ether oxygens (including phenoxy) is 1. The Kier molecular flexibility index (Phi) is 5.83. The highest BCUT2D eigenvalue weighted by Gasteiger charge is 2.04. The Labute approximate surface area is 105 Å². The molecule has 6 nitrogen and oxygen atoms in total. The van der Waals surface area contributed by atoms with E-state index in [-0.39, 0.29) is 18.9 Å². The van der Waals surface area contributed by atoms with Crippen molar-refractivity contribution in [2.75, 3.05) is 25.1 Å². The van der Waals surface area contributed by atoms with Crippen LogP contribution in [-0.4, -0.2) is 36.7 Å². The number of nitrogens with two attached hydrogens (primary N) is 1. The summed E-state index contributed by atoms with van der Waals surface area (Å²) in [5, 5.41) is 11.3. The van der Waals surface area contributed by atoms with Gasteiger partial charge in [-0.1, -0.05) is 12.1 Å². The maximum atomic E-state index is 11.4. The van der Waals surface area contributed by atoms with Gasteiger partial charge in [0.2, 0.25) is 5.91 Å². The Morgan fingerprint density at radius 2 is 2.17 bits per heavy atom. The summed E-state index contributed by atoms with van der Waals surface area (Å²) in [5.74, 6) is -1.21. The third-order valence-corrected chi connectivity index (χ3v) is 2.06. The Morgan fingerprint density at radius 3 is 2.83 bits per heavy atom. The van der Waals surface area contributed by atoms with Gasteiger partial charge in [0.1, 0.15) is 6.61 Å². The second-order valence-corrected chi connectivity index (χ2v) is 3.66. The summed E-state index contributed by atoms with van der Waals surface area (Å²) in [7, 11) is 0. The van der Waals surface area contributed by atoms with Crippen molar-refractivity contribution >= 4 is 17.6 Å². The lowest BCUT2D eigenvalue weighted by molar-refractivity contribution is -0.136. The fourth-order valence-electron chi connectivity index (χ4n) is 1.38. The molecule has 0 aliphatic rings. The lowest BCUT2D eigenvalue weighted by Crippen LogP contribution is -2.20. The lowest BCUT2D eigenvalue weighted by Gasteiger charge is -2.07. The SMILES string of the molecule is NCCOCC(=O)Nc1cccc(CC(=O)O)c1. The van der Waals surface area contributed by atoms with Crippen LogP contribution >= 0.6 is 0 Å². The number of carbonyl (C=O) groups is 2. The molecular weight excluding hydrogens is 236 g/mol. The molecule has 1 aromatic rings. The van der Waals surface area contributed by atoms with Crippen LogP contribution in [0.3, 0.4) is 0 Å². The van der Waals surface area contributed by atoms with Gasteiger partial charge in [-0.15, -0.1) is 0 Å². The summed E-state index contributed by atoms with van der Waals surface area (Å²) in [5.41, 5.74) is 6.40. The van der Waals surface area contributed by atoms with Gasteiger partial charge >= 0.3 is 5.97 Å². The van der Waals surface area contributed by atoms with Crippen LogP contribution in [0.25, 0.3) is 0 Å². The minimum absolute atomic E-state index is 0.0691. The first-order chi connectivity index (χ1) is 8.61. The van der Waals surface area contributed by atoms with Crippen molar-refractivity contribution in [1.82, 2.24) is 0 Å². The zero-order valence-electron chi connectivity index (χ0n) is 9.89. The molecule has 0 unspecified atom stereocenters. The third-order valence-electron chi connectivity index (χ3n) is 2.06. The average molecular weight is 252 g/mol. The Bertz CT molecular complexity index is 420. The molecule has 0 fully saturated rings. The van der Waals surface area contributed by atoms with Crippen molar-refractivity contribution in [1.29, 1.82) is 0 Å². The van der Waals surface area contributed by atoms with E-state index >= 15 is 0 Å². The van der Waals surface area contributed by atoms with Crippen LogP contribution in [0.2, 0.25) is 0 Å². The number of carboxylic acid groups (broad SMARTS) is 1. The first kappa shape index (κ1) is 14.1. The summed E-state index contributed by atoms with van der Waals surface area (Å²) in [6, 6.07) is 6.68. The molecule has 6 heteroatoms. The molecule has 1 rings (SSSR count). The van der Waals surface area contributed by atoms with Gasteiger partial charge in [0.25, 0.3) is 0 Å². The highest BCUT2D eigenvalue weighted by atomic mass is 16.5. The number of carboxylic acids is 1. The first-order valence-corrected chi connectivity index (χ1v) is 5.50. The molecule has 0 saturated carbocycles. The van der Waals surface area contributed by atoms with E-state index < -0.39 is 5.97 Å². The van der Waals surface area contributed by atoms with E-state index in [1.807, 2.05) is 0 Å². The van der Waals surface area contributed by atoms with Crippen LogP contribution < -0.4 is 11.1 Å². The largest absolute Gasteiger partial charge is 0.481 e. The summed E-state index contributed by atoms with van der Waals surface area (Å²) in [6.45, 7) is 0.619. The normalized spacial score (nSPS) is 10.1. The molecule has 0 aromatic heterocycles. The van der Waals surface area contributed by atoms with Crippen LogP contribution in [0.5, 0.6) is 0 Å². The summed E-state index contributed by atoms with van der Waals surface area (Å²) in [6.07, 6.45) is -0.0760. The standard InChI is InChI=1S/C12H16N2O4/c13-4-5-18-8-11(15)14-10-3-1-2-9(6-10)7-12(16)17/h1-3,6H,4-5,7-8,13H2,(H,14,15)(H,16,17). The topological polar surface area (TPSA) is 102 Å². The number of hydrogen-bond acceptors (Lipinski definition) is 4. The van der Waals surface area contributed by atoms with E-state index in [1.165, 1.54) is 0 Å². The maximum absolute atomic E-state index is 11.4. The van der Waals surface area contributed by atoms with Gasteiger partial charge in [-0.3, -0.25) is 9.59 Å². The van der Waals surface area contributed by atoms with Gasteiger partial charge in [-0.2, -0.15) is 0 Å². The molecule has 18 heavy (non-hydrogen) atoms. The van der Waals surface area contributed by atoms with Crippen molar-refractivity contribution in [3.8, 4) is 0 Å². The molecule has 98 valence electrons. The Morgan fingerprint density at radius 1 is 1.39 bits per heavy atom. The van der Waals surface area contributed by atoms with E-state index in [1.54, 1.807) is 24.3 Å². The highest BCUT2D eigenvalue weighted by molar-refractivity contribution is 5.91. The number of aliphatic carboxylic acids is 1. The lowest BCUT2D eigenvalue weighted by atomic mass is 10.1. The minimum Gasteiger partial charge on any atom is -0.481 e. The Balaban J connectivity index is 2.51. The van der Waals surface area contributed by atoms with E-state index in [0.717, 1.165) is 0 Å². The summed E-state index contributed by atoms with van der Waals surface area (Å²) >= 11 is 0. The van der Waals surface area contributed by atoms with E-state index in [9.17, 15) is 9.59 Å². The van der Waals surface area contributed by atoms with E-state index in [0.29, 0.717) is 24.4 Å². The van der Waals surface area contributed by atoms with Crippen molar-refractivity contribution in [3.63, 3.8) is 0 Å². The van der Waals surface area contributed by atoms with Gasteiger partial charge in [0.05, 0.1) is 13.0 Å². The molecule has 0 radical (unpaired) electrons. The highest BCUT2D eigenvalue weighted by Crippen LogP contribution is 2.11. The molecule has 1 aromatic carbocycles. The van der Waals surface area contributed by atoms with Gasteiger partial charge in [-0.25, -0.2) is 0 Å². The molecule has 0 atom stereocenters. The third kappa shape index (κ3) is 5.42. The Hall–Kier alpha value is -1.92. The van der Waals surface area contributed by atoms with Gasteiger partial charge in [0, 0.05) is 12.2 Å². The molecular formula is C12H16N2O4. The zero-order chi connectivity index (χ0) is 13.4. The van der Waals surface area contributed by atoms with Crippen LogP contribution in [0.1, 0.15) is 5.56 Å².